The van der Waals surface area contributed by atoms with Crippen molar-refractivity contribution < 1.29 is 9.59 Å². The van der Waals surface area contributed by atoms with Crippen LogP contribution >= 0.6 is 0 Å². The summed E-state index contributed by atoms with van der Waals surface area (Å²) < 4.78 is 0. The zero-order valence-electron chi connectivity index (χ0n) is 10.4. The first-order chi connectivity index (χ1) is 7.43. The standard InChI is InChI=1S/2C5H10N2O/c2*1-6-3-4-7(2)5(6)8/h2*3-4H2,1-2H3. The topological polar surface area (TPSA) is 47.1 Å². The summed E-state index contributed by atoms with van der Waals surface area (Å²) >= 11 is 0. The van der Waals surface area contributed by atoms with Gasteiger partial charge in [-0.2, -0.15) is 0 Å². The molecule has 0 aliphatic carbocycles. The Labute approximate surface area is 96.4 Å². The van der Waals surface area contributed by atoms with Crippen LogP contribution in [0.4, 0.5) is 9.59 Å². The van der Waals surface area contributed by atoms with Crippen LogP contribution in [-0.2, 0) is 0 Å². The zero-order valence-corrected chi connectivity index (χ0v) is 10.4. The summed E-state index contributed by atoms with van der Waals surface area (Å²) in [5.74, 6) is 0. The van der Waals surface area contributed by atoms with Gasteiger partial charge in [-0.1, -0.05) is 0 Å². The second-order valence-electron chi connectivity index (χ2n) is 4.25. The van der Waals surface area contributed by atoms with E-state index < -0.39 is 0 Å². The Morgan fingerprint density at radius 1 is 0.625 bits per heavy atom. The average Bonchev–Trinajstić information content (AvgIpc) is 2.70. The molecule has 6 nitrogen and oxygen atoms in total. The van der Waals surface area contributed by atoms with Crippen LogP contribution in [0, 0.1) is 0 Å². The number of likely N-dealkylation sites (N-methyl/N-ethyl adjacent to an activating group) is 4. The van der Waals surface area contributed by atoms with Gasteiger partial charge in [-0.25, -0.2) is 9.59 Å². The molecule has 0 aromatic carbocycles. The van der Waals surface area contributed by atoms with E-state index in [-0.39, 0.29) is 12.1 Å². The number of carbonyl (C=O) groups is 2. The van der Waals surface area contributed by atoms with Gasteiger partial charge >= 0.3 is 12.1 Å². The molecule has 0 saturated carbocycles. The predicted octanol–water partition coefficient (Wildman–Crippen LogP) is -0.0328. The lowest BCUT2D eigenvalue weighted by Gasteiger charge is -2.07. The first-order valence-corrected chi connectivity index (χ1v) is 5.36. The number of rotatable bonds is 0. The Morgan fingerprint density at radius 3 is 0.875 bits per heavy atom. The molecule has 2 saturated heterocycles. The van der Waals surface area contributed by atoms with Crippen LogP contribution in [0.3, 0.4) is 0 Å². The number of hydrogen-bond donors (Lipinski definition) is 0. The molecule has 0 aromatic rings. The summed E-state index contributed by atoms with van der Waals surface area (Å²) in [4.78, 5) is 28.3. The van der Waals surface area contributed by atoms with E-state index in [4.69, 9.17) is 0 Å². The first-order valence-electron chi connectivity index (χ1n) is 5.36. The second kappa shape index (κ2) is 5.05. The molecule has 0 bridgehead atoms. The van der Waals surface area contributed by atoms with Crippen molar-refractivity contribution in [2.24, 2.45) is 0 Å². The lowest BCUT2D eigenvalue weighted by molar-refractivity contribution is 0.205. The van der Waals surface area contributed by atoms with E-state index in [2.05, 4.69) is 0 Å². The third kappa shape index (κ3) is 2.77. The molecule has 2 aliphatic heterocycles. The molecular formula is C10H20N4O2. The minimum atomic E-state index is 0.130. The highest BCUT2D eigenvalue weighted by Crippen LogP contribution is 2.01. The number of urea groups is 2. The normalized spacial score (nSPS) is 20.5. The highest BCUT2D eigenvalue weighted by molar-refractivity contribution is 5.76. The molecule has 0 atom stereocenters. The molecule has 92 valence electrons. The molecule has 16 heavy (non-hydrogen) atoms. The van der Waals surface area contributed by atoms with Crippen molar-refractivity contribution >= 4 is 12.1 Å². The van der Waals surface area contributed by atoms with Crippen LogP contribution in [0.5, 0.6) is 0 Å². The fraction of sp³-hybridized carbons (Fsp3) is 0.800. The fourth-order valence-electron chi connectivity index (χ4n) is 1.57. The highest BCUT2D eigenvalue weighted by atomic mass is 16.2. The van der Waals surface area contributed by atoms with Gasteiger partial charge in [-0.3, -0.25) is 0 Å². The van der Waals surface area contributed by atoms with Crippen molar-refractivity contribution in [2.45, 2.75) is 0 Å². The SMILES string of the molecule is CN1CCN(C)C1=O.CN1CCN(C)C1=O. The number of carbonyl (C=O) groups excluding carboxylic acids is 2. The maximum atomic E-state index is 10.8. The second-order valence-corrected chi connectivity index (χ2v) is 4.25. The lowest BCUT2D eigenvalue weighted by atomic mass is 10.6. The van der Waals surface area contributed by atoms with Crippen molar-refractivity contribution in [1.29, 1.82) is 0 Å². The Balaban J connectivity index is 0.000000160. The van der Waals surface area contributed by atoms with Gasteiger partial charge in [0.05, 0.1) is 0 Å². The van der Waals surface area contributed by atoms with Crippen LogP contribution in [0.2, 0.25) is 0 Å². The van der Waals surface area contributed by atoms with Gasteiger partial charge in [0.25, 0.3) is 0 Å². The Kier molecular flexibility index (Phi) is 3.98. The van der Waals surface area contributed by atoms with Gasteiger partial charge in [-0.15, -0.1) is 0 Å². The van der Waals surface area contributed by atoms with Crippen molar-refractivity contribution in [1.82, 2.24) is 19.6 Å². The van der Waals surface area contributed by atoms with E-state index in [0.29, 0.717) is 0 Å². The summed E-state index contributed by atoms with van der Waals surface area (Å²) in [6, 6.07) is 0.259. The summed E-state index contributed by atoms with van der Waals surface area (Å²) in [6.07, 6.45) is 0. The van der Waals surface area contributed by atoms with E-state index >= 15 is 0 Å². The molecule has 0 radical (unpaired) electrons. The van der Waals surface area contributed by atoms with Gasteiger partial charge in [0, 0.05) is 54.4 Å². The molecule has 6 heteroatoms. The molecule has 2 fully saturated rings. The molecule has 2 heterocycles. The van der Waals surface area contributed by atoms with Gasteiger partial charge in [0.1, 0.15) is 0 Å². The molecule has 2 rings (SSSR count). The molecule has 0 unspecified atom stereocenters. The van der Waals surface area contributed by atoms with Crippen LogP contribution in [-0.4, -0.2) is 86.0 Å². The molecule has 4 amide bonds. The first kappa shape index (κ1) is 12.6. The van der Waals surface area contributed by atoms with Crippen LogP contribution in [0.15, 0.2) is 0 Å². The van der Waals surface area contributed by atoms with E-state index in [1.54, 1.807) is 19.6 Å². The highest BCUT2D eigenvalue weighted by Gasteiger charge is 2.21. The fourth-order valence-corrected chi connectivity index (χ4v) is 1.57. The lowest BCUT2D eigenvalue weighted by Crippen LogP contribution is -2.25. The number of nitrogens with zero attached hydrogens (tertiary/aromatic N) is 4. The van der Waals surface area contributed by atoms with E-state index in [1.807, 2.05) is 28.2 Å². The Hall–Kier alpha value is -1.46. The van der Waals surface area contributed by atoms with Crippen LogP contribution < -0.4 is 0 Å². The van der Waals surface area contributed by atoms with Crippen molar-refractivity contribution in [3.63, 3.8) is 0 Å². The zero-order chi connectivity index (χ0) is 12.3. The Bertz CT molecular complexity index is 230. The average molecular weight is 228 g/mol. The monoisotopic (exact) mass is 228 g/mol. The Morgan fingerprint density at radius 2 is 0.812 bits per heavy atom. The van der Waals surface area contributed by atoms with Crippen LogP contribution in [0.25, 0.3) is 0 Å². The third-order valence-corrected chi connectivity index (χ3v) is 2.85. The molecule has 2 aliphatic rings. The molecular weight excluding hydrogens is 208 g/mol. The number of amides is 4. The summed E-state index contributed by atoms with van der Waals surface area (Å²) in [6.45, 7) is 3.48. The van der Waals surface area contributed by atoms with Crippen molar-refractivity contribution in [3.8, 4) is 0 Å². The summed E-state index contributed by atoms with van der Waals surface area (Å²) in [7, 11) is 7.25. The van der Waals surface area contributed by atoms with E-state index in [1.165, 1.54) is 0 Å². The number of hydrogen-bond acceptors (Lipinski definition) is 2. The van der Waals surface area contributed by atoms with Crippen molar-refractivity contribution in [3.05, 3.63) is 0 Å². The maximum absolute atomic E-state index is 10.8. The third-order valence-electron chi connectivity index (χ3n) is 2.85. The van der Waals surface area contributed by atoms with Crippen LogP contribution in [0.1, 0.15) is 0 Å². The predicted molar refractivity (Wildman–Crippen MR) is 61.3 cm³/mol. The molecule has 0 N–H and O–H groups in total. The van der Waals surface area contributed by atoms with Gasteiger partial charge in [-0.05, 0) is 0 Å². The minimum Gasteiger partial charge on any atom is -0.326 e. The quantitative estimate of drug-likeness (QED) is 0.584. The summed E-state index contributed by atoms with van der Waals surface area (Å²) in [5, 5.41) is 0. The maximum Gasteiger partial charge on any atom is 0.319 e. The van der Waals surface area contributed by atoms with Crippen molar-refractivity contribution in [2.75, 3.05) is 54.4 Å². The smallest absolute Gasteiger partial charge is 0.319 e. The van der Waals surface area contributed by atoms with E-state index in [0.717, 1.165) is 26.2 Å². The summed E-state index contributed by atoms with van der Waals surface area (Å²) in [5.41, 5.74) is 0. The largest absolute Gasteiger partial charge is 0.326 e. The van der Waals surface area contributed by atoms with Gasteiger partial charge in [0.2, 0.25) is 0 Å². The molecule has 0 spiro atoms. The van der Waals surface area contributed by atoms with E-state index in [9.17, 15) is 9.59 Å². The van der Waals surface area contributed by atoms with Gasteiger partial charge in [0.15, 0.2) is 0 Å². The van der Waals surface area contributed by atoms with Gasteiger partial charge < -0.3 is 19.6 Å². The molecule has 0 aromatic heterocycles. The minimum absolute atomic E-state index is 0.130.